The van der Waals surface area contributed by atoms with Crippen LogP contribution in [0.3, 0.4) is 0 Å². The number of nitrogens with zero attached hydrogens (tertiary/aromatic N) is 1. The molecule has 0 fully saturated rings. The lowest BCUT2D eigenvalue weighted by Gasteiger charge is -2.06. The molecule has 1 N–H and O–H groups in total. The standard InChI is InChI=1S/C9H13ClN2O4S/c1-11-9(13)8-5-7(17(10,14)15)6-12(8)3-4-16-2/h5-6H,3-4H2,1-2H3,(H,11,13). The maximum atomic E-state index is 11.5. The van der Waals surface area contributed by atoms with Gasteiger partial charge in [0.15, 0.2) is 0 Å². The molecule has 0 bridgehead atoms. The molecule has 0 spiro atoms. The highest BCUT2D eigenvalue weighted by atomic mass is 35.7. The smallest absolute Gasteiger partial charge is 0.267 e. The van der Waals surface area contributed by atoms with Gasteiger partial charge in [-0.05, 0) is 6.07 Å². The third-order valence-electron chi connectivity index (χ3n) is 2.15. The number of carbonyl (C=O) groups excluding carboxylic acids is 1. The minimum absolute atomic E-state index is 0.103. The highest BCUT2D eigenvalue weighted by Gasteiger charge is 2.19. The van der Waals surface area contributed by atoms with Crippen LogP contribution in [0.4, 0.5) is 0 Å². The minimum Gasteiger partial charge on any atom is -0.383 e. The number of halogens is 1. The predicted molar refractivity (Wildman–Crippen MR) is 62.7 cm³/mol. The molecule has 8 heteroatoms. The van der Waals surface area contributed by atoms with Gasteiger partial charge in [-0.1, -0.05) is 0 Å². The summed E-state index contributed by atoms with van der Waals surface area (Å²) in [6.07, 6.45) is 1.31. The molecule has 1 aromatic heterocycles. The third kappa shape index (κ3) is 3.45. The number of amides is 1. The van der Waals surface area contributed by atoms with Gasteiger partial charge in [-0.2, -0.15) is 0 Å². The van der Waals surface area contributed by atoms with Gasteiger partial charge in [0.25, 0.3) is 15.0 Å². The molecule has 0 aliphatic carbocycles. The zero-order valence-electron chi connectivity index (χ0n) is 9.44. The molecule has 0 radical (unpaired) electrons. The van der Waals surface area contributed by atoms with E-state index < -0.39 is 9.05 Å². The largest absolute Gasteiger partial charge is 0.383 e. The molecule has 1 heterocycles. The van der Waals surface area contributed by atoms with Crippen molar-refractivity contribution in [3.05, 3.63) is 18.0 Å². The number of nitrogens with one attached hydrogen (secondary N) is 1. The van der Waals surface area contributed by atoms with E-state index in [9.17, 15) is 13.2 Å². The Kier molecular flexibility index (Phi) is 4.55. The fraction of sp³-hybridized carbons (Fsp3) is 0.444. The molecule has 0 aliphatic rings. The van der Waals surface area contributed by atoms with Crippen LogP contribution in [-0.4, -0.2) is 39.7 Å². The monoisotopic (exact) mass is 280 g/mol. The van der Waals surface area contributed by atoms with Crippen molar-refractivity contribution in [3.8, 4) is 0 Å². The fourth-order valence-corrected chi connectivity index (χ4v) is 2.07. The summed E-state index contributed by atoms with van der Waals surface area (Å²) in [5, 5.41) is 2.42. The van der Waals surface area contributed by atoms with Crippen molar-refractivity contribution in [3.63, 3.8) is 0 Å². The summed E-state index contributed by atoms with van der Waals surface area (Å²) in [4.78, 5) is 11.4. The van der Waals surface area contributed by atoms with Crippen molar-refractivity contribution in [2.45, 2.75) is 11.4 Å². The van der Waals surface area contributed by atoms with Gasteiger partial charge in [0.05, 0.1) is 6.61 Å². The third-order valence-corrected chi connectivity index (χ3v) is 3.47. The molecular weight excluding hydrogens is 268 g/mol. The zero-order chi connectivity index (χ0) is 13.1. The van der Waals surface area contributed by atoms with Gasteiger partial charge in [0, 0.05) is 37.6 Å². The SMILES string of the molecule is CNC(=O)c1cc(S(=O)(=O)Cl)cn1CCOC. The Labute approximate surface area is 104 Å². The number of ether oxygens (including phenoxy) is 1. The maximum absolute atomic E-state index is 11.5. The van der Waals surface area contributed by atoms with Crippen molar-refractivity contribution in [2.75, 3.05) is 20.8 Å². The van der Waals surface area contributed by atoms with Gasteiger partial charge in [-0.15, -0.1) is 0 Å². The first kappa shape index (κ1) is 14.0. The van der Waals surface area contributed by atoms with Crippen LogP contribution in [0.5, 0.6) is 0 Å². The second kappa shape index (κ2) is 5.52. The van der Waals surface area contributed by atoms with Gasteiger partial charge >= 0.3 is 0 Å². The van der Waals surface area contributed by atoms with Crippen molar-refractivity contribution >= 4 is 25.6 Å². The Morgan fingerprint density at radius 3 is 2.71 bits per heavy atom. The molecule has 0 unspecified atom stereocenters. The van der Waals surface area contributed by atoms with Crippen LogP contribution in [0.15, 0.2) is 17.2 Å². The Hall–Kier alpha value is -1.05. The number of aromatic nitrogens is 1. The lowest BCUT2D eigenvalue weighted by atomic mass is 10.4. The average molecular weight is 281 g/mol. The second-order valence-corrected chi connectivity index (χ2v) is 5.83. The molecular formula is C9H13ClN2O4S. The second-order valence-electron chi connectivity index (χ2n) is 3.26. The molecule has 0 atom stereocenters. The molecule has 0 saturated heterocycles. The van der Waals surface area contributed by atoms with E-state index in [1.807, 2.05) is 0 Å². The molecule has 96 valence electrons. The number of rotatable bonds is 5. The summed E-state index contributed by atoms with van der Waals surface area (Å²) < 4.78 is 28.7. The van der Waals surface area contributed by atoms with Gasteiger partial charge < -0.3 is 14.6 Å². The van der Waals surface area contributed by atoms with Crippen LogP contribution in [0.25, 0.3) is 0 Å². The van der Waals surface area contributed by atoms with E-state index in [0.29, 0.717) is 13.2 Å². The number of hydrogen-bond donors (Lipinski definition) is 1. The van der Waals surface area contributed by atoms with E-state index in [1.54, 1.807) is 0 Å². The van der Waals surface area contributed by atoms with Gasteiger partial charge in [0.2, 0.25) is 0 Å². The van der Waals surface area contributed by atoms with Gasteiger partial charge in [-0.25, -0.2) is 8.42 Å². The molecule has 1 amide bonds. The fourth-order valence-electron chi connectivity index (χ4n) is 1.31. The molecule has 1 aromatic rings. The Morgan fingerprint density at radius 1 is 1.59 bits per heavy atom. The number of carbonyl (C=O) groups is 1. The van der Waals surface area contributed by atoms with E-state index in [1.165, 1.54) is 31.0 Å². The summed E-state index contributed by atoms with van der Waals surface area (Å²) in [6.45, 7) is 0.728. The molecule has 1 rings (SSSR count). The van der Waals surface area contributed by atoms with Crippen LogP contribution in [0, 0.1) is 0 Å². The molecule has 0 aromatic carbocycles. The van der Waals surface area contributed by atoms with Crippen molar-refractivity contribution in [1.29, 1.82) is 0 Å². The highest BCUT2D eigenvalue weighted by Crippen LogP contribution is 2.18. The van der Waals surface area contributed by atoms with Gasteiger partial charge in [-0.3, -0.25) is 4.79 Å². The summed E-state index contributed by atoms with van der Waals surface area (Å²) in [7, 11) is 4.36. The van der Waals surface area contributed by atoms with Crippen molar-refractivity contribution in [1.82, 2.24) is 9.88 Å². The van der Waals surface area contributed by atoms with Crippen molar-refractivity contribution in [2.24, 2.45) is 0 Å². The van der Waals surface area contributed by atoms with E-state index in [2.05, 4.69) is 5.32 Å². The van der Waals surface area contributed by atoms with Gasteiger partial charge in [0.1, 0.15) is 10.6 Å². The van der Waals surface area contributed by atoms with Crippen molar-refractivity contribution < 1.29 is 17.9 Å². The summed E-state index contributed by atoms with van der Waals surface area (Å²) in [6, 6.07) is 1.23. The first-order chi connectivity index (χ1) is 7.90. The van der Waals surface area contributed by atoms with Crippen LogP contribution < -0.4 is 5.32 Å². The lowest BCUT2D eigenvalue weighted by Crippen LogP contribution is -2.22. The Morgan fingerprint density at radius 2 is 2.24 bits per heavy atom. The van der Waals surface area contributed by atoms with Crippen LogP contribution >= 0.6 is 10.7 Å². The highest BCUT2D eigenvalue weighted by molar-refractivity contribution is 8.13. The lowest BCUT2D eigenvalue weighted by molar-refractivity contribution is 0.0951. The number of methoxy groups -OCH3 is 1. The maximum Gasteiger partial charge on any atom is 0.267 e. The summed E-state index contributed by atoms with van der Waals surface area (Å²) in [5.74, 6) is -0.382. The molecule has 6 nitrogen and oxygen atoms in total. The Bertz CT molecular complexity index is 509. The van der Waals surface area contributed by atoms with E-state index in [-0.39, 0.29) is 16.5 Å². The first-order valence-electron chi connectivity index (χ1n) is 4.76. The van der Waals surface area contributed by atoms with Crippen LogP contribution in [-0.2, 0) is 20.3 Å². The molecule has 17 heavy (non-hydrogen) atoms. The predicted octanol–water partition coefficient (Wildman–Crippen LogP) is 0.422. The summed E-state index contributed by atoms with van der Waals surface area (Å²) in [5.41, 5.74) is 0.226. The van der Waals surface area contributed by atoms with Crippen LogP contribution in [0.2, 0.25) is 0 Å². The Balaban J connectivity index is 3.16. The normalized spacial score (nSPS) is 11.5. The first-order valence-corrected chi connectivity index (χ1v) is 7.07. The zero-order valence-corrected chi connectivity index (χ0v) is 11.0. The van der Waals surface area contributed by atoms with E-state index in [4.69, 9.17) is 15.4 Å². The molecule has 0 saturated carbocycles. The van der Waals surface area contributed by atoms with E-state index >= 15 is 0 Å². The quantitative estimate of drug-likeness (QED) is 0.793. The summed E-state index contributed by atoms with van der Waals surface area (Å²) >= 11 is 0. The average Bonchev–Trinajstić information content (AvgIpc) is 2.68. The van der Waals surface area contributed by atoms with Crippen LogP contribution in [0.1, 0.15) is 10.5 Å². The molecule has 0 aliphatic heterocycles. The minimum atomic E-state index is -3.84. The topological polar surface area (TPSA) is 77.4 Å². The van der Waals surface area contributed by atoms with E-state index in [0.717, 1.165) is 0 Å². The number of hydrogen-bond acceptors (Lipinski definition) is 4.